The highest BCUT2D eigenvalue weighted by Gasteiger charge is 2.37. The van der Waals surface area contributed by atoms with Crippen LogP contribution in [0.3, 0.4) is 0 Å². The zero-order valence-electron chi connectivity index (χ0n) is 14.8. The van der Waals surface area contributed by atoms with E-state index in [0.29, 0.717) is 31.2 Å². The summed E-state index contributed by atoms with van der Waals surface area (Å²) in [6.07, 6.45) is 3.89. The van der Waals surface area contributed by atoms with Crippen molar-refractivity contribution in [3.63, 3.8) is 0 Å². The largest absolute Gasteiger partial charge is 0.386 e. The molecule has 3 N–H and O–H groups in total. The predicted octanol–water partition coefficient (Wildman–Crippen LogP) is 0.868. The number of H-pyrrole nitrogens is 1. The van der Waals surface area contributed by atoms with Gasteiger partial charge in [0.15, 0.2) is 0 Å². The molecular weight excluding hydrogens is 320 g/mol. The lowest BCUT2D eigenvalue weighted by Crippen LogP contribution is -2.45. The van der Waals surface area contributed by atoms with Gasteiger partial charge in [0.25, 0.3) is 5.91 Å². The lowest BCUT2D eigenvalue weighted by atomic mass is 9.92. The first kappa shape index (κ1) is 17.3. The fraction of sp³-hybridized carbons (Fsp3) is 0.529. The van der Waals surface area contributed by atoms with Gasteiger partial charge in [-0.15, -0.1) is 0 Å². The van der Waals surface area contributed by atoms with Crippen molar-refractivity contribution in [2.45, 2.75) is 38.2 Å². The van der Waals surface area contributed by atoms with Gasteiger partial charge in [-0.25, -0.2) is 9.97 Å². The Morgan fingerprint density at radius 3 is 2.76 bits per heavy atom. The molecule has 1 saturated heterocycles. The molecule has 8 heteroatoms. The summed E-state index contributed by atoms with van der Waals surface area (Å²) in [6, 6.07) is 3.50. The summed E-state index contributed by atoms with van der Waals surface area (Å²) >= 11 is 0. The van der Waals surface area contributed by atoms with E-state index in [9.17, 15) is 9.90 Å². The van der Waals surface area contributed by atoms with Crippen molar-refractivity contribution in [3.05, 3.63) is 35.9 Å². The third-order valence-electron chi connectivity index (χ3n) is 4.36. The summed E-state index contributed by atoms with van der Waals surface area (Å²) in [4.78, 5) is 22.6. The molecule has 1 aliphatic rings. The second-order valence-electron chi connectivity index (χ2n) is 7.54. The first-order valence-corrected chi connectivity index (χ1v) is 8.35. The molecular formula is C17H24N6O2. The minimum atomic E-state index is -1.00. The molecule has 1 fully saturated rings. The Balaban J connectivity index is 1.58. The van der Waals surface area contributed by atoms with Crippen molar-refractivity contribution in [3.8, 4) is 0 Å². The summed E-state index contributed by atoms with van der Waals surface area (Å²) in [5.74, 6) is 0.293. The molecule has 1 unspecified atom stereocenters. The number of nitrogens with one attached hydrogen (secondary N) is 2. The highest BCUT2D eigenvalue weighted by molar-refractivity contribution is 5.92. The van der Waals surface area contributed by atoms with Crippen LogP contribution in [0.25, 0.3) is 0 Å². The number of aliphatic hydroxyl groups is 1. The average Bonchev–Trinajstić information content (AvgIpc) is 3.21. The number of anilines is 1. The highest BCUT2D eigenvalue weighted by Crippen LogP contribution is 2.24. The second kappa shape index (κ2) is 6.44. The lowest BCUT2D eigenvalue weighted by Gasteiger charge is -2.23. The lowest BCUT2D eigenvalue weighted by molar-refractivity contribution is 0.0573. The maximum Gasteiger partial charge on any atom is 0.271 e. The monoisotopic (exact) mass is 344 g/mol. The Kier molecular flexibility index (Phi) is 4.47. The van der Waals surface area contributed by atoms with Crippen molar-refractivity contribution < 1.29 is 9.90 Å². The Hall–Kier alpha value is -2.48. The normalized spacial score (nSPS) is 20.7. The smallest absolute Gasteiger partial charge is 0.271 e. The molecule has 0 spiro atoms. The van der Waals surface area contributed by atoms with Crippen molar-refractivity contribution in [2.24, 2.45) is 0 Å². The number of rotatable bonds is 4. The molecule has 0 bridgehead atoms. The first-order chi connectivity index (χ1) is 11.8. The topological polar surface area (TPSA) is 107 Å². The third-order valence-corrected chi connectivity index (χ3v) is 4.36. The minimum absolute atomic E-state index is 0.106. The summed E-state index contributed by atoms with van der Waals surface area (Å²) in [7, 11) is 0. The molecule has 2 aromatic heterocycles. The van der Waals surface area contributed by atoms with Crippen LogP contribution in [-0.2, 0) is 5.41 Å². The van der Waals surface area contributed by atoms with Gasteiger partial charge in [-0.2, -0.15) is 5.10 Å². The number of aromatic nitrogens is 4. The van der Waals surface area contributed by atoms with Gasteiger partial charge >= 0.3 is 0 Å². The van der Waals surface area contributed by atoms with E-state index < -0.39 is 5.60 Å². The van der Waals surface area contributed by atoms with Gasteiger partial charge in [0.1, 0.15) is 11.3 Å². The number of carbonyl (C=O) groups is 1. The molecule has 25 heavy (non-hydrogen) atoms. The van der Waals surface area contributed by atoms with Crippen LogP contribution >= 0.6 is 0 Å². The quantitative estimate of drug-likeness (QED) is 0.760. The van der Waals surface area contributed by atoms with E-state index in [1.165, 1.54) is 0 Å². The molecule has 8 nitrogen and oxygen atoms in total. The van der Waals surface area contributed by atoms with Crippen molar-refractivity contribution >= 4 is 11.9 Å². The predicted molar refractivity (Wildman–Crippen MR) is 93.4 cm³/mol. The van der Waals surface area contributed by atoms with Gasteiger partial charge < -0.3 is 15.3 Å². The molecule has 0 aliphatic carbocycles. The van der Waals surface area contributed by atoms with Crippen LogP contribution in [0.4, 0.5) is 5.95 Å². The number of aromatic amines is 1. The van der Waals surface area contributed by atoms with E-state index in [4.69, 9.17) is 0 Å². The van der Waals surface area contributed by atoms with Crippen molar-refractivity contribution in [1.82, 2.24) is 25.5 Å². The number of hydrogen-bond donors (Lipinski definition) is 3. The summed E-state index contributed by atoms with van der Waals surface area (Å²) in [5, 5.41) is 20.5. The fourth-order valence-corrected chi connectivity index (χ4v) is 2.78. The molecule has 3 heterocycles. The van der Waals surface area contributed by atoms with E-state index >= 15 is 0 Å². The van der Waals surface area contributed by atoms with E-state index in [1.54, 1.807) is 24.5 Å². The molecule has 134 valence electrons. The zero-order chi connectivity index (χ0) is 18.1. The van der Waals surface area contributed by atoms with Crippen LogP contribution < -0.4 is 10.2 Å². The highest BCUT2D eigenvalue weighted by atomic mass is 16.3. The zero-order valence-corrected chi connectivity index (χ0v) is 14.8. The number of hydrogen-bond acceptors (Lipinski definition) is 6. The Morgan fingerprint density at radius 2 is 2.12 bits per heavy atom. The third kappa shape index (κ3) is 3.96. The SMILES string of the molecule is CC(C)(C)c1cc(C(=O)NCC2(O)CCN(c3ncccn3)C2)n[nH]1. The standard InChI is InChI=1S/C17H24N6O2/c1-16(2,3)13-9-12(21-22-13)14(24)20-10-17(25)5-8-23(11-17)15-18-6-4-7-19-15/h4,6-7,9,25H,5,8,10-11H2,1-3H3,(H,20,24)(H,21,22). The average molecular weight is 344 g/mol. The van der Waals surface area contributed by atoms with Gasteiger partial charge in [-0.3, -0.25) is 9.89 Å². The molecule has 1 aliphatic heterocycles. The Morgan fingerprint density at radius 1 is 1.40 bits per heavy atom. The number of nitrogens with zero attached hydrogens (tertiary/aromatic N) is 4. The van der Waals surface area contributed by atoms with Crippen molar-refractivity contribution in [2.75, 3.05) is 24.5 Å². The molecule has 0 saturated carbocycles. The van der Waals surface area contributed by atoms with Crippen LogP contribution in [0.15, 0.2) is 24.5 Å². The van der Waals surface area contributed by atoms with Gasteiger partial charge in [0.2, 0.25) is 5.95 Å². The van der Waals surface area contributed by atoms with Gasteiger partial charge in [-0.1, -0.05) is 20.8 Å². The number of carbonyl (C=O) groups excluding carboxylic acids is 1. The number of amides is 1. The number of β-amino-alcohol motifs (C(OH)–C–C–N with tert-alkyl or cyclic N) is 1. The van der Waals surface area contributed by atoms with Crippen LogP contribution in [0.1, 0.15) is 43.4 Å². The maximum atomic E-state index is 12.3. The van der Waals surface area contributed by atoms with E-state index in [1.807, 2.05) is 25.7 Å². The van der Waals surface area contributed by atoms with Crippen molar-refractivity contribution in [1.29, 1.82) is 0 Å². The molecule has 0 aromatic carbocycles. The molecule has 2 aromatic rings. The molecule has 1 amide bonds. The molecule has 3 rings (SSSR count). The van der Waals surface area contributed by atoms with E-state index in [-0.39, 0.29) is 17.9 Å². The maximum absolute atomic E-state index is 12.3. The van der Waals surface area contributed by atoms with Gasteiger partial charge in [0.05, 0.1) is 6.54 Å². The minimum Gasteiger partial charge on any atom is -0.386 e. The van der Waals surface area contributed by atoms with Crippen LogP contribution in [-0.4, -0.2) is 56.4 Å². The van der Waals surface area contributed by atoms with Gasteiger partial charge in [0, 0.05) is 36.6 Å². The van der Waals surface area contributed by atoms with E-state index in [0.717, 1.165) is 5.69 Å². The van der Waals surface area contributed by atoms with Crippen LogP contribution in [0, 0.1) is 0 Å². The second-order valence-corrected chi connectivity index (χ2v) is 7.54. The van der Waals surface area contributed by atoms with Crippen LogP contribution in [0.2, 0.25) is 0 Å². The summed E-state index contributed by atoms with van der Waals surface area (Å²) in [5.41, 5.74) is 0.114. The molecule has 1 atom stereocenters. The Bertz CT molecular complexity index is 739. The van der Waals surface area contributed by atoms with E-state index in [2.05, 4.69) is 25.5 Å². The first-order valence-electron chi connectivity index (χ1n) is 8.35. The van der Waals surface area contributed by atoms with Crippen LogP contribution in [0.5, 0.6) is 0 Å². The van der Waals surface area contributed by atoms with Gasteiger partial charge in [-0.05, 0) is 18.6 Å². The molecule has 0 radical (unpaired) electrons. The Labute approximate surface area is 146 Å². The fourth-order valence-electron chi connectivity index (χ4n) is 2.78. The summed E-state index contributed by atoms with van der Waals surface area (Å²) < 4.78 is 0. The summed E-state index contributed by atoms with van der Waals surface area (Å²) in [6.45, 7) is 7.32.